The van der Waals surface area contributed by atoms with E-state index in [1.165, 1.54) is 0 Å². The Morgan fingerprint density at radius 1 is 1.24 bits per heavy atom. The van der Waals surface area contributed by atoms with Gasteiger partial charge in [-0.25, -0.2) is 0 Å². The number of anilines is 1. The van der Waals surface area contributed by atoms with Gasteiger partial charge in [0, 0.05) is 30.1 Å². The number of halogens is 2. The van der Waals surface area contributed by atoms with E-state index in [0.717, 1.165) is 16.6 Å². The van der Waals surface area contributed by atoms with Crippen molar-refractivity contribution >= 4 is 45.8 Å². The molecule has 138 valence electrons. The average molecular weight is 431 g/mol. The highest BCUT2D eigenvalue weighted by Gasteiger charge is 2.43. The molecule has 2 heterocycles. The lowest BCUT2D eigenvalue weighted by Gasteiger charge is -2.43. The fourth-order valence-electron chi connectivity index (χ4n) is 3.60. The number of benzene rings is 1. The maximum absolute atomic E-state index is 12.9. The first-order valence-electron chi connectivity index (χ1n) is 8.41. The molecule has 0 aromatic heterocycles. The summed E-state index contributed by atoms with van der Waals surface area (Å²) in [4.78, 5) is 29.2. The van der Waals surface area contributed by atoms with Crippen LogP contribution in [-0.2, 0) is 9.59 Å². The summed E-state index contributed by atoms with van der Waals surface area (Å²) in [5.41, 5.74) is 6.87. The van der Waals surface area contributed by atoms with E-state index in [4.69, 9.17) is 5.73 Å². The number of likely N-dealkylation sites (tertiary alicyclic amines) is 1. The van der Waals surface area contributed by atoms with Crippen LogP contribution in [0.5, 0.6) is 0 Å². The second-order valence-corrected chi connectivity index (χ2v) is 8.28. The highest BCUT2D eigenvalue weighted by atomic mass is 79.9. The van der Waals surface area contributed by atoms with E-state index in [1.807, 2.05) is 29.2 Å². The van der Waals surface area contributed by atoms with E-state index < -0.39 is 5.92 Å². The smallest absolute Gasteiger partial charge is 0.239 e. The summed E-state index contributed by atoms with van der Waals surface area (Å²) in [7, 11) is 0. The second kappa shape index (κ2) is 7.64. The quantitative estimate of drug-likeness (QED) is 0.734. The van der Waals surface area contributed by atoms with Crippen LogP contribution in [0.15, 0.2) is 28.7 Å². The molecule has 2 fully saturated rings. The van der Waals surface area contributed by atoms with Gasteiger partial charge < -0.3 is 15.5 Å². The minimum atomic E-state index is -0.567. The van der Waals surface area contributed by atoms with Crippen molar-refractivity contribution in [1.82, 2.24) is 4.90 Å². The number of nitrogens with two attached hydrogens (primary N) is 1. The van der Waals surface area contributed by atoms with Crippen molar-refractivity contribution in [2.75, 3.05) is 24.5 Å². The van der Waals surface area contributed by atoms with Gasteiger partial charge in [0.05, 0.1) is 5.69 Å². The third-order valence-corrected chi connectivity index (χ3v) is 5.94. The second-order valence-electron chi connectivity index (χ2n) is 7.43. The van der Waals surface area contributed by atoms with Gasteiger partial charge in [-0.2, -0.15) is 0 Å². The predicted octanol–water partition coefficient (Wildman–Crippen LogP) is 2.81. The molecule has 1 aromatic carbocycles. The molecular formula is C18H25BrClN3O2. The third-order valence-electron chi connectivity index (χ3n) is 5.27. The van der Waals surface area contributed by atoms with Crippen LogP contribution in [0.2, 0.25) is 0 Å². The molecule has 1 aromatic rings. The van der Waals surface area contributed by atoms with Crippen molar-refractivity contribution < 1.29 is 9.59 Å². The molecule has 0 saturated carbocycles. The van der Waals surface area contributed by atoms with Crippen LogP contribution in [0, 0.1) is 11.3 Å². The van der Waals surface area contributed by atoms with Crippen LogP contribution < -0.4 is 10.6 Å². The average Bonchev–Trinajstić information content (AvgIpc) is 2.91. The van der Waals surface area contributed by atoms with Crippen LogP contribution >= 0.6 is 28.3 Å². The normalized spacial score (nSPS) is 25.7. The van der Waals surface area contributed by atoms with Crippen LogP contribution in [0.25, 0.3) is 0 Å². The summed E-state index contributed by atoms with van der Waals surface area (Å²) in [6, 6.07) is 7.72. The van der Waals surface area contributed by atoms with E-state index in [1.54, 1.807) is 4.90 Å². The lowest BCUT2D eigenvalue weighted by atomic mass is 9.79. The van der Waals surface area contributed by atoms with E-state index in [0.29, 0.717) is 26.1 Å². The molecule has 5 nitrogen and oxygen atoms in total. The Bertz CT molecular complexity index is 667. The molecule has 0 spiro atoms. The van der Waals surface area contributed by atoms with Crippen LogP contribution in [0.3, 0.4) is 0 Å². The summed E-state index contributed by atoms with van der Waals surface area (Å²) < 4.78 is 0.872. The first kappa shape index (κ1) is 20.2. The molecule has 2 N–H and O–H groups in total. The SMILES string of the molecule is CC1(C)CN(C(=O)C2CCN(c3ccccc3Br)C2=O)CCC1N.Cl. The van der Waals surface area contributed by atoms with Crippen molar-refractivity contribution in [1.29, 1.82) is 0 Å². The van der Waals surface area contributed by atoms with Crippen molar-refractivity contribution in [3.8, 4) is 0 Å². The van der Waals surface area contributed by atoms with E-state index in [9.17, 15) is 9.59 Å². The molecule has 25 heavy (non-hydrogen) atoms. The zero-order valence-electron chi connectivity index (χ0n) is 14.6. The van der Waals surface area contributed by atoms with Crippen molar-refractivity contribution in [3.05, 3.63) is 28.7 Å². The lowest BCUT2D eigenvalue weighted by Crippen LogP contribution is -2.55. The molecule has 2 unspecified atom stereocenters. The number of rotatable bonds is 2. The van der Waals surface area contributed by atoms with Gasteiger partial charge in [0.2, 0.25) is 11.8 Å². The summed E-state index contributed by atoms with van der Waals surface area (Å²) in [5.74, 6) is -0.712. The van der Waals surface area contributed by atoms with Gasteiger partial charge in [-0.3, -0.25) is 9.59 Å². The Hall–Kier alpha value is -1.11. The third kappa shape index (κ3) is 3.86. The monoisotopic (exact) mass is 429 g/mol. The van der Waals surface area contributed by atoms with Gasteiger partial charge in [0.1, 0.15) is 5.92 Å². The van der Waals surface area contributed by atoms with Crippen LogP contribution in [0.4, 0.5) is 5.69 Å². The first-order chi connectivity index (χ1) is 11.3. The number of hydrogen-bond acceptors (Lipinski definition) is 3. The van der Waals surface area contributed by atoms with E-state index in [-0.39, 0.29) is 35.7 Å². The standard InChI is InChI=1S/C18H24BrN3O2.ClH/c1-18(2)11-21(9-8-15(18)20)16(23)12-7-10-22(17(12)24)14-6-4-3-5-13(14)19;/h3-6,12,15H,7-11,20H2,1-2H3;1H. The predicted molar refractivity (Wildman–Crippen MR) is 105 cm³/mol. The van der Waals surface area contributed by atoms with E-state index in [2.05, 4.69) is 29.8 Å². The molecule has 7 heteroatoms. The number of amides is 2. The molecule has 2 aliphatic heterocycles. The minimum absolute atomic E-state index is 0. The Labute approximate surface area is 163 Å². The molecule has 2 amide bonds. The topological polar surface area (TPSA) is 66.6 Å². The Kier molecular flexibility index (Phi) is 6.17. The number of carbonyl (C=O) groups excluding carboxylic acids is 2. The van der Waals surface area contributed by atoms with Crippen molar-refractivity contribution in [2.24, 2.45) is 17.1 Å². The molecule has 0 aliphatic carbocycles. The fourth-order valence-corrected chi connectivity index (χ4v) is 4.10. The van der Waals surface area contributed by atoms with Crippen LogP contribution in [0.1, 0.15) is 26.7 Å². The van der Waals surface area contributed by atoms with Crippen molar-refractivity contribution in [3.63, 3.8) is 0 Å². The summed E-state index contributed by atoms with van der Waals surface area (Å²) in [5, 5.41) is 0. The zero-order valence-corrected chi connectivity index (χ0v) is 17.0. The molecule has 2 saturated heterocycles. The van der Waals surface area contributed by atoms with Gasteiger partial charge in [0.25, 0.3) is 0 Å². The minimum Gasteiger partial charge on any atom is -0.341 e. The summed E-state index contributed by atoms with van der Waals surface area (Å²) >= 11 is 3.49. The summed E-state index contributed by atoms with van der Waals surface area (Å²) in [6.07, 6.45) is 1.36. The Morgan fingerprint density at radius 3 is 2.56 bits per heavy atom. The molecular weight excluding hydrogens is 406 g/mol. The highest BCUT2D eigenvalue weighted by molar-refractivity contribution is 9.10. The highest BCUT2D eigenvalue weighted by Crippen LogP contribution is 2.34. The number of hydrogen-bond donors (Lipinski definition) is 1. The lowest BCUT2D eigenvalue weighted by molar-refractivity contribution is -0.142. The number of carbonyl (C=O) groups is 2. The van der Waals surface area contributed by atoms with Crippen molar-refractivity contribution in [2.45, 2.75) is 32.7 Å². The molecule has 0 radical (unpaired) electrons. The number of piperidine rings is 1. The fraction of sp³-hybridized carbons (Fsp3) is 0.556. The zero-order chi connectivity index (χ0) is 17.5. The van der Waals surface area contributed by atoms with E-state index >= 15 is 0 Å². The first-order valence-corrected chi connectivity index (χ1v) is 9.21. The molecule has 2 atom stereocenters. The maximum Gasteiger partial charge on any atom is 0.239 e. The van der Waals surface area contributed by atoms with Gasteiger partial charge in [-0.1, -0.05) is 26.0 Å². The van der Waals surface area contributed by atoms with Gasteiger partial charge in [-0.05, 0) is 46.3 Å². The van der Waals surface area contributed by atoms with Crippen LogP contribution in [-0.4, -0.2) is 42.4 Å². The molecule has 0 bridgehead atoms. The number of para-hydroxylation sites is 1. The molecule has 2 aliphatic rings. The molecule has 3 rings (SSSR count). The number of nitrogens with zero attached hydrogens (tertiary/aromatic N) is 2. The summed E-state index contributed by atoms with van der Waals surface area (Å²) in [6.45, 7) is 6.00. The largest absolute Gasteiger partial charge is 0.341 e. The Balaban J connectivity index is 0.00000225. The van der Waals surface area contributed by atoms with Gasteiger partial charge in [-0.15, -0.1) is 12.4 Å². The Morgan fingerprint density at radius 2 is 1.92 bits per heavy atom. The van der Waals surface area contributed by atoms with Gasteiger partial charge >= 0.3 is 0 Å². The maximum atomic E-state index is 12.9. The van der Waals surface area contributed by atoms with Gasteiger partial charge in [0.15, 0.2) is 0 Å².